The first-order valence-corrected chi connectivity index (χ1v) is 4.23. The number of aromatic amines is 1. The van der Waals surface area contributed by atoms with Gasteiger partial charge in [0.1, 0.15) is 5.82 Å². The minimum absolute atomic E-state index is 0.380. The van der Waals surface area contributed by atoms with Gasteiger partial charge < -0.3 is 9.72 Å². The van der Waals surface area contributed by atoms with Crippen LogP contribution in [0.15, 0.2) is 6.07 Å². The molecule has 72 valence electrons. The predicted molar refractivity (Wildman–Crippen MR) is 50.9 cm³/mol. The predicted octanol–water partition coefficient (Wildman–Crippen LogP) is 2.20. The summed E-state index contributed by atoms with van der Waals surface area (Å²) in [6, 6.07) is 1.96. The summed E-state index contributed by atoms with van der Waals surface area (Å²) in [5, 5.41) is 2.62. The number of rotatable bonds is 2. The highest BCUT2D eigenvalue weighted by atomic mass is 16.5. The Hall–Kier alpha value is -1.45. The van der Waals surface area contributed by atoms with Crippen molar-refractivity contribution < 1.29 is 9.53 Å². The lowest BCUT2D eigenvalue weighted by Crippen LogP contribution is -2.14. The van der Waals surface area contributed by atoms with Crippen LogP contribution in [0.2, 0.25) is 0 Å². The van der Waals surface area contributed by atoms with Gasteiger partial charge in [0, 0.05) is 5.69 Å². The van der Waals surface area contributed by atoms with Crippen LogP contribution < -0.4 is 5.32 Å². The second kappa shape index (κ2) is 3.98. The lowest BCUT2D eigenvalue weighted by molar-refractivity contribution is 0.168. The summed E-state index contributed by atoms with van der Waals surface area (Å²) < 4.78 is 4.74. The van der Waals surface area contributed by atoms with Crippen molar-refractivity contribution >= 4 is 11.9 Å². The molecule has 2 N–H and O–H groups in total. The second-order valence-corrected chi connectivity index (χ2v) is 2.86. The number of anilines is 1. The van der Waals surface area contributed by atoms with Crippen LogP contribution >= 0.6 is 0 Å². The summed E-state index contributed by atoms with van der Waals surface area (Å²) in [6.07, 6.45) is -0.424. The molecule has 1 rings (SSSR count). The van der Waals surface area contributed by atoms with Crippen LogP contribution in [0.5, 0.6) is 0 Å². The van der Waals surface area contributed by atoms with Gasteiger partial charge in [-0.3, -0.25) is 5.32 Å². The lowest BCUT2D eigenvalue weighted by Gasteiger charge is -2.03. The molecule has 1 heterocycles. The van der Waals surface area contributed by atoms with Gasteiger partial charge in [-0.2, -0.15) is 0 Å². The number of hydrogen-bond donors (Lipinski definition) is 2. The summed E-state index contributed by atoms with van der Waals surface area (Å²) >= 11 is 0. The van der Waals surface area contributed by atoms with E-state index in [0.29, 0.717) is 12.4 Å². The van der Waals surface area contributed by atoms with Crippen molar-refractivity contribution in [3.63, 3.8) is 0 Å². The van der Waals surface area contributed by atoms with E-state index in [2.05, 4.69) is 10.3 Å². The van der Waals surface area contributed by atoms with Crippen LogP contribution in [0.25, 0.3) is 0 Å². The first kappa shape index (κ1) is 9.64. The molecule has 4 nitrogen and oxygen atoms in total. The van der Waals surface area contributed by atoms with Crippen molar-refractivity contribution in [1.82, 2.24) is 4.98 Å². The van der Waals surface area contributed by atoms with Crippen molar-refractivity contribution in [1.29, 1.82) is 0 Å². The zero-order valence-corrected chi connectivity index (χ0v) is 8.10. The van der Waals surface area contributed by atoms with Crippen LogP contribution in [0, 0.1) is 13.8 Å². The highest BCUT2D eigenvalue weighted by molar-refractivity contribution is 5.84. The first-order chi connectivity index (χ1) is 6.13. The fraction of sp³-hybridized carbons (Fsp3) is 0.444. The third-order valence-corrected chi connectivity index (χ3v) is 1.65. The topological polar surface area (TPSA) is 54.1 Å². The normalized spacial score (nSPS) is 9.77. The van der Waals surface area contributed by atoms with Gasteiger partial charge in [-0.15, -0.1) is 0 Å². The monoisotopic (exact) mass is 182 g/mol. The average molecular weight is 182 g/mol. The maximum atomic E-state index is 11.0. The smallest absolute Gasteiger partial charge is 0.412 e. The SMILES string of the molecule is CCOC(=O)Nc1[nH]c(C)cc1C. The van der Waals surface area contributed by atoms with Crippen molar-refractivity contribution in [2.45, 2.75) is 20.8 Å². The van der Waals surface area contributed by atoms with Crippen LogP contribution in [-0.2, 0) is 4.74 Å². The number of aryl methyl sites for hydroxylation is 2. The summed E-state index contributed by atoms with van der Waals surface area (Å²) in [5.41, 5.74) is 2.02. The molecule has 0 saturated heterocycles. The molecule has 0 fully saturated rings. The van der Waals surface area contributed by atoms with Gasteiger partial charge in [0.15, 0.2) is 0 Å². The van der Waals surface area contributed by atoms with Crippen molar-refractivity contribution in [3.05, 3.63) is 17.3 Å². The molecule has 1 amide bonds. The standard InChI is InChI=1S/C9H14N2O2/c1-4-13-9(12)11-8-6(2)5-7(3)10-8/h5,10H,4H2,1-3H3,(H,11,12). The molecule has 0 atom stereocenters. The van der Waals surface area contributed by atoms with Gasteiger partial charge in [0.2, 0.25) is 0 Å². The van der Waals surface area contributed by atoms with Gasteiger partial charge in [-0.25, -0.2) is 4.79 Å². The highest BCUT2D eigenvalue weighted by Gasteiger charge is 2.06. The van der Waals surface area contributed by atoms with E-state index >= 15 is 0 Å². The van der Waals surface area contributed by atoms with E-state index in [4.69, 9.17) is 4.74 Å². The Bertz CT molecular complexity index is 305. The molecule has 0 aliphatic heterocycles. The number of ether oxygens (including phenoxy) is 1. The number of carbonyl (C=O) groups excluding carboxylic acids is 1. The van der Waals surface area contributed by atoms with E-state index in [1.807, 2.05) is 19.9 Å². The van der Waals surface area contributed by atoms with Crippen LogP contribution in [0.3, 0.4) is 0 Å². The summed E-state index contributed by atoms with van der Waals surface area (Å²) in [4.78, 5) is 14.0. The van der Waals surface area contributed by atoms with Crippen LogP contribution in [0.1, 0.15) is 18.2 Å². The third-order valence-electron chi connectivity index (χ3n) is 1.65. The Balaban J connectivity index is 2.63. The van der Waals surface area contributed by atoms with Gasteiger partial charge >= 0.3 is 6.09 Å². The molecular formula is C9H14N2O2. The molecule has 0 spiro atoms. The number of hydrogen-bond acceptors (Lipinski definition) is 2. The Labute approximate surface area is 77.3 Å². The van der Waals surface area contributed by atoms with E-state index in [9.17, 15) is 4.79 Å². The van der Waals surface area contributed by atoms with E-state index in [0.717, 1.165) is 11.3 Å². The molecular weight excluding hydrogens is 168 g/mol. The molecule has 0 radical (unpaired) electrons. The van der Waals surface area contributed by atoms with Gasteiger partial charge in [-0.1, -0.05) is 0 Å². The summed E-state index contributed by atoms with van der Waals surface area (Å²) in [7, 11) is 0. The summed E-state index contributed by atoms with van der Waals surface area (Å²) in [5.74, 6) is 0.705. The van der Waals surface area contributed by atoms with Crippen LogP contribution in [0.4, 0.5) is 10.6 Å². The fourth-order valence-electron chi connectivity index (χ4n) is 1.13. The Morgan fingerprint density at radius 1 is 1.62 bits per heavy atom. The molecule has 0 aromatic carbocycles. The molecule has 0 bridgehead atoms. The average Bonchev–Trinajstić information content (AvgIpc) is 2.30. The number of carbonyl (C=O) groups is 1. The lowest BCUT2D eigenvalue weighted by atomic mass is 10.3. The molecule has 1 aromatic heterocycles. The molecule has 0 aliphatic carbocycles. The van der Waals surface area contributed by atoms with E-state index in [1.165, 1.54) is 0 Å². The second-order valence-electron chi connectivity index (χ2n) is 2.86. The van der Waals surface area contributed by atoms with E-state index in [1.54, 1.807) is 6.92 Å². The zero-order valence-electron chi connectivity index (χ0n) is 8.10. The molecule has 0 unspecified atom stereocenters. The Morgan fingerprint density at radius 3 is 2.77 bits per heavy atom. The zero-order chi connectivity index (χ0) is 9.84. The highest BCUT2D eigenvalue weighted by Crippen LogP contribution is 2.14. The number of H-pyrrole nitrogens is 1. The van der Waals surface area contributed by atoms with Crippen molar-refractivity contribution in [3.8, 4) is 0 Å². The number of aromatic nitrogens is 1. The van der Waals surface area contributed by atoms with Gasteiger partial charge in [0.05, 0.1) is 6.61 Å². The summed E-state index contributed by atoms with van der Waals surface area (Å²) in [6.45, 7) is 6.01. The van der Waals surface area contributed by atoms with Crippen LogP contribution in [-0.4, -0.2) is 17.7 Å². The van der Waals surface area contributed by atoms with E-state index < -0.39 is 6.09 Å². The van der Waals surface area contributed by atoms with Gasteiger partial charge in [-0.05, 0) is 32.4 Å². The maximum absolute atomic E-state index is 11.0. The van der Waals surface area contributed by atoms with Crippen molar-refractivity contribution in [2.75, 3.05) is 11.9 Å². The number of nitrogens with one attached hydrogen (secondary N) is 2. The molecule has 0 saturated carbocycles. The molecule has 13 heavy (non-hydrogen) atoms. The fourth-order valence-corrected chi connectivity index (χ4v) is 1.13. The molecule has 1 aromatic rings. The minimum atomic E-state index is -0.424. The van der Waals surface area contributed by atoms with Gasteiger partial charge in [0.25, 0.3) is 0 Å². The largest absolute Gasteiger partial charge is 0.450 e. The Kier molecular flexibility index (Phi) is 2.95. The maximum Gasteiger partial charge on any atom is 0.412 e. The van der Waals surface area contributed by atoms with Crippen molar-refractivity contribution in [2.24, 2.45) is 0 Å². The minimum Gasteiger partial charge on any atom is -0.450 e. The molecule has 0 aliphatic rings. The quantitative estimate of drug-likeness (QED) is 0.736. The molecule has 4 heteroatoms. The van der Waals surface area contributed by atoms with E-state index in [-0.39, 0.29) is 0 Å². The third kappa shape index (κ3) is 2.50. The number of amides is 1. The first-order valence-electron chi connectivity index (χ1n) is 4.23. The Morgan fingerprint density at radius 2 is 2.31 bits per heavy atom.